The van der Waals surface area contributed by atoms with Crippen molar-refractivity contribution in [3.05, 3.63) is 22.4 Å². The molecule has 1 aromatic rings. The van der Waals surface area contributed by atoms with E-state index in [1.54, 1.807) is 13.9 Å². The average Bonchev–Trinajstić information content (AvgIpc) is 1.85. The van der Waals surface area contributed by atoms with Crippen LogP contribution in [0.15, 0.2) is 12.3 Å². The molecule has 6 heteroatoms. The van der Waals surface area contributed by atoms with E-state index in [-0.39, 0.29) is 11.5 Å². The molecular weight excluding hydrogens is 145 g/mol. The number of pyridine rings is 1. The second kappa shape index (κ2) is 2.57. The molecule has 0 spiro atoms. The van der Waals surface area contributed by atoms with E-state index in [1.165, 1.54) is 6.20 Å². The van der Waals surface area contributed by atoms with Crippen LogP contribution in [-0.4, -0.2) is 17.8 Å². The molecule has 0 radical (unpaired) electrons. The molecule has 0 amide bonds. The summed E-state index contributed by atoms with van der Waals surface area (Å²) in [5.41, 5.74) is 5.70. The van der Waals surface area contributed by atoms with E-state index in [4.69, 9.17) is 5.73 Å². The summed E-state index contributed by atoms with van der Waals surface area (Å²) >= 11 is 0. The van der Waals surface area contributed by atoms with Crippen LogP contribution in [0, 0.1) is 10.1 Å². The van der Waals surface area contributed by atoms with Gasteiger partial charge in [-0.3, -0.25) is 10.1 Å². The topological polar surface area (TPSA) is 82.0 Å². The Hall–Kier alpha value is -1.59. The minimum absolute atomic E-state index is 0.0324. The quantitative estimate of drug-likeness (QED) is 0.311. The fraction of sp³-hybridized carbons (Fsp3) is 0. The number of nitrogens with zero attached hydrogens (tertiary/aromatic N) is 2. The second-order valence-corrected chi connectivity index (χ2v) is 2.12. The third-order valence-corrected chi connectivity index (χ3v) is 1.34. The zero-order chi connectivity index (χ0) is 8.43. The summed E-state index contributed by atoms with van der Waals surface area (Å²) < 4.78 is 0. The highest BCUT2D eigenvalue weighted by atomic mass is 16.6. The van der Waals surface area contributed by atoms with Crippen LogP contribution in [0.1, 0.15) is 0 Å². The lowest BCUT2D eigenvalue weighted by molar-refractivity contribution is -0.382. The number of nitrogens with two attached hydrogens (primary N) is 1. The third-order valence-electron chi connectivity index (χ3n) is 1.34. The Labute approximate surface area is 63.8 Å². The highest BCUT2D eigenvalue weighted by Crippen LogP contribution is 2.12. The van der Waals surface area contributed by atoms with Crippen molar-refractivity contribution in [2.24, 2.45) is 0 Å². The maximum atomic E-state index is 10.3. The van der Waals surface area contributed by atoms with Crippen LogP contribution in [0.25, 0.3) is 0 Å². The number of aromatic nitrogens is 1. The molecule has 0 aliphatic rings. The first-order chi connectivity index (χ1) is 5.13. The van der Waals surface area contributed by atoms with E-state index >= 15 is 0 Å². The molecule has 2 N–H and O–H groups in total. The van der Waals surface area contributed by atoms with Gasteiger partial charge in [-0.05, 0) is 11.5 Å². The average molecular weight is 151 g/mol. The normalized spacial score (nSPS) is 9.45. The predicted molar refractivity (Wildman–Crippen MR) is 43.5 cm³/mol. The third kappa shape index (κ3) is 1.29. The first kappa shape index (κ1) is 7.52. The van der Waals surface area contributed by atoms with Crippen molar-refractivity contribution in [3.63, 3.8) is 0 Å². The lowest BCUT2D eigenvalue weighted by Crippen LogP contribution is -2.12. The number of nitrogen functional groups attached to an aromatic ring is 1. The van der Waals surface area contributed by atoms with Crippen LogP contribution in [0.2, 0.25) is 0 Å². The summed E-state index contributed by atoms with van der Waals surface area (Å²) in [4.78, 5) is 13.4. The standard InChI is InChI=1S/C5H6BN3O2/c6-3-1-2-8-5(7)4(3)9(10)11/h1-2H,6H2,(H2,7,8). The monoisotopic (exact) mass is 151 g/mol. The van der Waals surface area contributed by atoms with Crippen molar-refractivity contribution in [1.82, 2.24) is 4.98 Å². The molecule has 0 fully saturated rings. The van der Waals surface area contributed by atoms with Crippen molar-refractivity contribution in [2.45, 2.75) is 0 Å². The summed E-state index contributed by atoms with van der Waals surface area (Å²) in [5.74, 6) is -0.0324. The van der Waals surface area contributed by atoms with E-state index in [2.05, 4.69) is 4.98 Å². The predicted octanol–water partition coefficient (Wildman–Crippen LogP) is -1.17. The molecule has 0 saturated heterocycles. The highest BCUT2D eigenvalue weighted by Gasteiger charge is 2.14. The molecule has 11 heavy (non-hydrogen) atoms. The fourth-order valence-electron chi connectivity index (χ4n) is 0.809. The van der Waals surface area contributed by atoms with Gasteiger partial charge in [0.2, 0.25) is 5.82 Å². The largest absolute Gasteiger partial charge is 0.378 e. The Bertz CT molecular complexity index is 282. The number of rotatable bonds is 1. The van der Waals surface area contributed by atoms with Crippen LogP contribution in [0.5, 0.6) is 0 Å². The van der Waals surface area contributed by atoms with Gasteiger partial charge in [-0.1, -0.05) is 0 Å². The number of anilines is 1. The van der Waals surface area contributed by atoms with Gasteiger partial charge < -0.3 is 5.73 Å². The maximum Gasteiger partial charge on any atom is 0.304 e. The zero-order valence-corrected chi connectivity index (χ0v) is 5.94. The summed E-state index contributed by atoms with van der Waals surface area (Å²) in [5, 5.41) is 10.3. The van der Waals surface area contributed by atoms with Crippen LogP contribution in [0.4, 0.5) is 11.5 Å². The fourth-order valence-corrected chi connectivity index (χ4v) is 0.809. The highest BCUT2D eigenvalue weighted by molar-refractivity contribution is 6.35. The van der Waals surface area contributed by atoms with Gasteiger partial charge in [0.25, 0.3) is 0 Å². The van der Waals surface area contributed by atoms with E-state index in [0.29, 0.717) is 5.46 Å². The van der Waals surface area contributed by atoms with Crippen molar-refractivity contribution in [2.75, 3.05) is 5.73 Å². The molecule has 0 bridgehead atoms. The van der Waals surface area contributed by atoms with E-state index in [0.717, 1.165) is 0 Å². The van der Waals surface area contributed by atoms with Gasteiger partial charge in [-0.2, -0.15) is 0 Å². The van der Waals surface area contributed by atoms with Crippen LogP contribution in [0.3, 0.4) is 0 Å². The molecule has 0 atom stereocenters. The summed E-state index contributed by atoms with van der Waals surface area (Å²) in [6, 6.07) is 1.55. The molecule has 56 valence electrons. The van der Waals surface area contributed by atoms with Crippen molar-refractivity contribution in [3.8, 4) is 0 Å². The smallest absolute Gasteiger partial charge is 0.304 e. The van der Waals surface area contributed by atoms with Crippen molar-refractivity contribution < 1.29 is 4.92 Å². The Morgan fingerprint density at radius 1 is 1.73 bits per heavy atom. The van der Waals surface area contributed by atoms with E-state index in [1.807, 2.05) is 0 Å². The molecule has 0 aliphatic carbocycles. The Morgan fingerprint density at radius 2 is 2.36 bits per heavy atom. The Kier molecular flexibility index (Phi) is 1.76. The van der Waals surface area contributed by atoms with Gasteiger partial charge >= 0.3 is 5.69 Å². The molecule has 0 aliphatic heterocycles. The molecule has 1 rings (SSSR count). The lowest BCUT2D eigenvalue weighted by Gasteiger charge is -1.97. The molecule has 0 unspecified atom stereocenters. The van der Waals surface area contributed by atoms with Gasteiger partial charge in [0.1, 0.15) is 7.85 Å². The summed E-state index contributed by atoms with van der Waals surface area (Å²) in [6.45, 7) is 0. The van der Waals surface area contributed by atoms with E-state index < -0.39 is 4.92 Å². The number of hydrogen-bond donors (Lipinski definition) is 1. The second-order valence-electron chi connectivity index (χ2n) is 2.12. The van der Waals surface area contributed by atoms with Crippen LogP contribution in [-0.2, 0) is 0 Å². The molecule has 1 heterocycles. The SMILES string of the molecule is Bc1ccnc(N)c1[N+](=O)[O-]. The molecule has 5 nitrogen and oxygen atoms in total. The van der Waals surface area contributed by atoms with Gasteiger partial charge in [-0.25, -0.2) is 4.98 Å². The molecular formula is C5H6BN3O2. The number of nitro groups is 1. The molecule has 0 aromatic carbocycles. The lowest BCUT2D eigenvalue weighted by atomic mass is 9.95. The minimum Gasteiger partial charge on any atom is -0.378 e. The van der Waals surface area contributed by atoms with Gasteiger partial charge in [0.05, 0.1) is 4.92 Å². The summed E-state index contributed by atoms with van der Waals surface area (Å²) in [6.07, 6.45) is 1.44. The first-order valence-corrected chi connectivity index (χ1v) is 2.98. The minimum atomic E-state index is -0.530. The van der Waals surface area contributed by atoms with Crippen molar-refractivity contribution >= 4 is 24.8 Å². The van der Waals surface area contributed by atoms with E-state index in [9.17, 15) is 10.1 Å². The number of hydrogen-bond acceptors (Lipinski definition) is 4. The maximum absolute atomic E-state index is 10.3. The molecule has 0 saturated carbocycles. The molecule has 1 aromatic heterocycles. The first-order valence-electron chi connectivity index (χ1n) is 2.98. The van der Waals surface area contributed by atoms with Gasteiger partial charge in [0, 0.05) is 6.20 Å². The van der Waals surface area contributed by atoms with Gasteiger partial charge in [-0.15, -0.1) is 0 Å². The van der Waals surface area contributed by atoms with Crippen LogP contribution >= 0.6 is 0 Å². The van der Waals surface area contributed by atoms with Gasteiger partial charge in [0.15, 0.2) is 0 Å². The van der Waals surface area contributed by atoms with Crippen LogP contribution < -0.4 is 11.2 Å². The Balaban J connectivity index is 3.32. The zero-order valence-electron chi connectivity index (χ0n) is 5.94. The summed E-state index contributed by atoms with van der Waals surface area (Å²) in [7, 11) is 1.62. The Morgan fingerprint density at radius 3 is 2.73 bits per heavy atom. The van der Waals surface area contributed by atoms with Crippen molar-refractivity contribution in [1.29, 1.82) is 0 Å².